The molecule has 0 spiro atoms. The molecule has 0 atom stereocenters. The van der Waals surface area contributed by atoms with Crippen LogP contribution in [0.15, 0.2) is 61.2 Å². The molecule has 1 N–H and O–H groups in total. The molecular formula is C18H20N2. The average Bonchev–Trinajstić information content (AvgIpc) is 3.02. The summed E-state index contributed by atoms with van der Waals surface area (Å²) in [7, 11) is 0. The fraction of sp³-hybridized carbons (Fsp3) is 0.222. The van der Waals surface area contributed by atoms with Gasteiger partial charge in [-0.15, -0.1) is 6.58 Å². The van der Waals surface area contributed by atoms with Crippen LogP contribution in [-0.2, 0) is 6.42 Å². The first-order chi connectivity index (χ1) is 9.86. The molecule has 0 amide bonds. The molecule has 0 aliphatic carbocycles. The van der Waals surface area contributed by atoms with Crippen molar-refractivity contribution in [1.29, 1.82) is 0 Å². The lowest BCUT2D eigenvalue weighted by molar-refractivity contribution is 0.855. The van der Waals surface area contributed by atoms with Crippen molar-refractivity contribution in [3.63, 3.8) is 0 Å². The van der Waals surface area contributed by atoms with E-state index in [0.717, 1.165) is 26.2 Å². The van der Waals surface area contributed by atoms with E-state index in [9.17, 15) is 0 Å². The van der Waals surface area contributed by atoms with Crippen LogP contribution in [-0.4, -0.2) is 19.8 Å². The summed E-state index contributed by atoms with van der Waals surface area (Å²) in [4.78, 5) is 2.36. The first kappa shape index (κ1) is 12.9. The van der Waals surface area contributed by atoms with Crippen molar-refractivity contribution >= 4 is 5.69 Å². The molecule has 20 heavy (non-hydrogen) atoms. The molecule has 0 saturated carbocycles. The maximum atomic E-state index is 3.80. The minimum Gasteiger partial charge on any atom is -0.357 e. The molecule has 1 heterocycles. The third kappa shape index (κ3) is 2.75. The standard InChI is InChI=1S/C18H20N2/c1-2-4-15-5-3-6-17(13-15)16-7-9-18(10-8-16)20-12-11-19-14-20/h2-3,5-10,13,19H,1,4,11-12,14H2. The van der Waals surface area contributed by atoms with Crippen molar-refractivity contribution in [2.75, 3.05) is 24.7 Å². The largest absolute Gasteiger partial charge is 0.357 e. The molecule has 3 rings (SSSR count). The van der Waals surface area contributed by atoms with Crippen LogP contribution >= 0.6 is 0 Å². The van der Waals surface area contributed by atoms with Crippen LogP contribution in [0.5, 0.6) is 0 Å². The molecule has 2 heteroatoms. The van der Waals surface area contributed by atoms with Crippen LogP contribution in [0, 0.1) is 0 Å². The van der Waals surface area contributed by atoms with Crippen LogP contribution in [0.2, 0.25) is 0 Å². The summed E-state index contributed by atoms with van der Waals surface area (Å²) < 4.78 is 0. The van der Waals surface area contributed by atoms with Crippen LogP contribution in [0.25, 0.3) is 11.1 Å². The van der Waals surface area contributed by atoms with Crippen molar-refractivity contribution in [3.05, 3.63) is 66.7 Å². The Bertz CT molecular complexity index is 581. The predicted molar refractivity (Wildman–Crippen MR) is 86.0 cm³/mol. The lowest BCUT2D eigenvalue weighted by Crippen LogP contribution is -2.20. The zero-order valence-corrected chi connectivity index (χ0v) is 11.7. The summed E-state index contributed by atoms with van der Waals surface area (Å²) in [5.74, 6) is 0. The van der Waals surface area contributed by atoms with Crippen LogP contribution in [0.3, 0.4) is 0 Å². The highest BCUT2D eigenvalue weighted by Gasteiger charge is 2.11. The van der Waals surface area contributed by atoms with E-state index < -0.39 is 0 Å². The Kier molecular flexibility index (Phi) is 3.84. The number of nitrogens with zero attached hydrogens (tertiary/aromatic N) is 1. The predicted octanol–water partition coefficient (Wildman–Crippen LogP) is 3.45. The van der Waals surface area contributed by atoms with Crippen molar-refractivity contribution in [1.82, 2.24) is 5.32 Å². The van der Waals surface area contributed by atoms with E-state index in [-0.39, 0.29) is 0 Å². The van der Waals surface area contributed by atoms with Crippen LogP contribution in [0.1, 0.15) is 5.56 Å². The van der Waals surface area contributed by atoms with E-state index in [1.54, 1.807) is 0 Å². The Morgan fingerprint density at radius 1 is 1.10 bits per heavy atom. The SMILES string of the molecule is C=CCc1cccc(-c2ccc(N3CCNC3)cc2)c1. The van der Waals surface area contributed by atoms with Crippen molar-refractivity contribution in [2.24, 2.45) is 0 Å². The Hall–Kier alpha value is -2.06. The van der Waals surface area contributed by atoms with Gasteiger partial charge >= 0.3 is 0 Å². The Morgan fingerprint density at radius 3 is 2.65 bits per heavy atom. The van der Waals surface area contributed by atoms with E-state index in [4.69, 9.17) is 0 Å². The lowest BCUT2D eigenvalue weighted by atomic mass is 10.0. The van der Waals surface area contributed by atoms with Crippen molar-refractivity contribution < 1.29 is 0 Å². The second-order valence-electron chi connectivity index (χ2n) is 5.16. The van der Waals surface area contributed by atoms with Gasteiger partial charge in [-0.25, -0.2) is 0 Å². The fourth-order valence-corrected chi connectivity index (χ4v) is 2.64. The second-order valence-corrected chi connectivity index (χ2v) is 5.16. The van der Waals surface area contributed by atoms with Gasteiger partial charge in [-0.1, -0.05) is 42.5 Å². The van der Waals surface area contributed by atoms with Gasteiger partial charge in [0.2, 0.25) is 0 Å². The molecule has 0 unspecified atom stereocenters. The van der Waals surface area contributed by atoms with E-state index in [0.29, 0.717) is 0 Å². The van der Waals surface area contributed by atoms with Gasteiger partial charge in [-0.2, -0.15) is 0 Å². The number of allylic oxidation sites excluding steroid dienone is 1. The number of anilines is 1. The highest BCUT2D eigenvalue weighted by Crippen LogP contribution is 2.24. The molecular weight excluding hydrogens is 244 g/mol. The third-order valence-corrected chi connectivity index (χ3v) is 3.73. The smallest absolute Gasteiger partial charge is 0.0683 e. The summed E-state index contributed by atoms with van der Waals surface area (Å²) in [6.45, 7) is 6.92. The van der Waals surface area contributed by atoms with Gasteiger partial charge in [0.1, 0.15) is 0 Å². The maximum Gasteiger partial charge on any atom is 0.0683 e. The van der Waals surface area contributed by atoms with E-state index in [1.165, 1.54) is 22.4 Å². The monoisotopic (exact) mass is 264 g/mol. The minimum absolute atomic E-state index is 0.922. The summed E-state index contributed by atoms with van der Waals surface area (Å²) in [6, 6.07) is 17.5. The van der Waals surface area contributed by atoms with E-state index in [2.05, 4.69) is 65.3 Å². The zero-order valence-electron chi connectivity index (χ0n) is 11.7. The quantitative estimate of drug-likeness (QED) is 0.851. The molecule has 1 aliphatic heterocycles. The summed E-state index contributed by atoms with van der Waals surface area (Å²) in [6.07, 6.45) is 2.87. The Balaban J connectivity index is 1.83. The van der Waals surface area contributed by atoms with Gasteiger partial charge in [0.15, 0.2) is 0 Å². The molecule has 1 saturated heterocycles. The van der Waals surface area contributed by atoms with Crippen molar-refractivity contribution in [3.8, 4) is 11.1 Å². The maximum absolute atomic E-state index is 3.80. The zero-order chi connectivity index (χ0) is 13.8. The van der Waals surface area contributed by atoms with Gasteiger partial charge in [-0.3, -0.25) is 5.32 Å². The number of nitrogens with one attached hydrogen (secondary N) is 1. The molecule has 2 aromatic carbocycles. The summed E-state index contributed by atoms with van der Waals surface area (Å²) in [5.41, 5.74) is 5.15. The molecule has 1 aliphatic rings. The Morgan fingerprint density at radius 2 is 1.95 bits per heavy atom. The number of hydrogen-bond acceptors (Lipinski definition) is 2. The normalized spacial score (nSPS) is 14.5. The second kappa shape index (κ2) is 5.93. The summed E-state index contributed by atoms with van der Waals surface area (Å²) >= 11 is 0. The number of hydrogen-bond donors (Lipinski definition) is 1. The van der Waals surface area contributed by atoms with Crippen LogP contribution < -0.4 is 10.2 Å². The van der Waals surface area contributed by atoms with Gasteiger partial charge < -0.3 is 4.90 Å². The molecule has 2 nitrogen and oxygen atoms in total. The highest BCUT2D eigenvalue weighted by molar-refractivity contribution is 5.67. The van der Waals surface area contributed by atoms with E-state index >= 15 is 0 Å². The lowest BCUT2D eigenvalue weighted by Gasteiger charge is -2.17. The molecule has 102 valence electrons. The molecule has 0 aromatic heterocycles. The molecule has 0 radical (unpaired) electrons. The molecule has 1 fully saturated rings. The van der Waals surface area contributed by atoms with Crippen molar-refractivity contribution in [2.45, 2.75) is 6.42 Å². The molecule has 2 aromatic rings. The van der Waals surface area contributed by atoms with Gasteiger partial charge in [0, 0.05) is 18.8 Å². The first-order valence-electron chi connectivity index (χ1n) is 7.13. The highest BCUT2D eigenvalue weighted by atomic mass is 15.3. The number of benzene rings is 2. The van der Waals surface area contributed by atoms with E-state index in [1.807, 2.05) is 6.08 Å². The number of rotatable bonds is 4. The third-order valence-electron chi connectivity index (χ3n) is 3.73. The van der Waals surface area contributed by atoms with Gasteiger partial charge in [0.25, 0.3) is 0 Å². The fourth-order valence-electron chi connectivity index (χ4n) is 2.64. The van der Waals surface area contributed by atoms with Crippen LogP contribution in [0.4, 0.5) is 5.69 Å². The van der Waals surface area contributed by atoms with Gasteiger partial charge in [-0.05, 0) is 35.2 Å². The van der Waals surface area contributed by atoms with Gasteiger partial charge in [0.05, 0.1) is 6.67 Å². The summed E-state index contributed by atoms with van der Waals surface area (Å²) in [5, 5.41) is 3.36. The topological polar surface area (TPSA) is 15.3 Å². The minimum atomic E-state index is 0.922. The Labute approximate surface area is 120 Å². The average molecular weight is 264 g/mol. The molecule has 0 bridgehead atoms. The first-order valence-corrected chi connectivity index (χ1v) is 7.13.